The van der Waals surface area contributed by atoms with Crippen LogP contribution in [-0.2, 0) is 12.4 Å². The minimum atomic E-state index is -5.12. The van der Waals surface area contributed by atoms with E-state index in [2.05, 4.69) is 18.2 Å². The van der Waals surface area contributed by atoms with Crippen LogP contribution < -0.4 is 0 Å². The molecule has 0 saturated carbocycles. The summed E-state index contributed by atoms with van der Waals surface area (Å²) in [5.41, 5.74) is 2.97. The maximum Gasteiger partial charge on any atom is 0.416 e. The number of halogens is 6. The minimum Gasteiger partial charge on any atom is -0.308 e. The third kappa shape index (κ3) is 6.23. The number of hydrogen-bond donors (Lipinski definition) is 0. The van der Waals surface area contributed by atoms with Crippen molar-refractivity contribution in [3.05, 3.63) is 192 Å². The average Bonchev–Trinajstić information content (AvgIpc) is 3.83. The summed E-state index contributed by atoms with van der Waals surface area (Å²) in [6, 6.07) is 51.3. The van der Waals surface area contributed by atoms with Crippen LogP contribution in [0.15, 0.2) is 164 Å². The predicted octanol–water partition coefficient (Wildman–Crippen LogP) is 14.5. The number of nitrogens with zero attached hydrogens (tertiary/aromatic N) is 5. The van der Waals surface area contributed by atoms with Crippen molar-refractivity contribution < 1.29 is 26.3 Å². The van der Waals surface area contributed by atoms with Crippen molar-refractivity contribution in [3.63, 3.8) is 0 Å². The maximum absolute atomic E-state index is 14.5. The van der Waals surface area contributed by atoms with Gasteiger partial charge in [-0.05, 0) is 89.0 Å². The van der Waals surface area contributed by atoms with E-state index in [1.54, 1.807) is 57.7 Å². The van der Waals surface area contributed by atoms with Gasteiger partial charge < -0.3 is 9.13 Å². The molecule has 2 aromatic heterocycles. The highest BCUT2D eigenvalue weighted by Gasteiger charge is 2.37. The van der Waals surface area contributed by atoms with E-state index in [0.717, 1.165) is 10.8 Å². The van der Waals surface area contributed by atoms with Gasteiger partial charge in [-0.1, -0.05) is 97.1 Å². The molecule has 11 heteroatoms. The van der Waals surface area contributed by atoms with Crippen molar-refractivity contribution in [2.24, 2.45) is 0 Å². The third-order valence-electron chi connectivity index (χ3n) is 11.7. The molecule has 0 N–H and O–H groups in total. The topological polar surface area (TPSA) is 81.2 Å². The smallest absolute Gasteiger partial charge is 0.308 e. The first-order valence-electron chi connectivity index (χ1n) is 19.8. The predicted molar refractivity (Wildman–Crippen MR) is 236 cm³/mol. The lowest BCUT2D eigenvalue weighted by Crippen LogP contribution is -2.11. The van der Waals surface area contributed by atoms with E-state index in [0.29, 0.717) is 78.4 Å². The molecule has 306 valence electrons. The lowest BCUT2D eigenvalue weighted by atomic mass is 9.95. The first-order chi connectivity index (χ1) is 30.9. The molecule has 0 atom stereocenters. The van der Waals surface area contributed by atoms with Gasteiger partial charge in [-0.15, -0.1) is 0 Å². The van der Waals surface area contributed by atoms with Gasteiger partial charge in [0.2, 0.25) is 0 Å². The quantitative estimate of drug-likeness (QED) is 0.162. The Bertz CT molecular complexity index is 3470. The van der Waals surface area contributed by atoms with Gasteiger partial charge >= 0.3 is 12.4 Å². The maximum atomic E-state index is 14.5. The molecule has 0 bridgehead atoms. The minimum absolute atomic E-state index is 0.0191. The second kappa shape index (κ2) is 14.8. The summed E-state index contributed by atoms with van der Waals surface area (Å²) >= 11 is 0. The van der Waals surface area contributed by atoms with Crippen LogP contribution in [0.4, 0.5) is 26.3 Å². The zero-order valence-corrected chi connectivity index (χ0v) is 33.1. The summed E-state index contributed by atoms with van der Waals surface area (Å²) < 4.78 is 90.5. The van der Waals surface area contributed by atoms with Gasteiger partial charge in [0.05, 0.1) is 67.8 Å². The lowest BCUT2D eigenvalue weighted by molar-refractivity contribution is -0.143. The molecule has 0 aliphatic carbocycles. The Hall–Kier alpha value is -8.59. The fourth-order valence-electron chi connectivity index (χ4n) is 9.00. The highest BCUT2D eigenvalue weighted by Crippen LogP contribution is 2.46. The van der Waals surface area contributed by atoms with Crippen molar-refractivity contribution in [3.8, 4) is 63.0 Å². The Morgan fingerprint density at radius 3 is 1.17 bits per heavy atom. The Morgan fingerprint density at radius 1 is 0.375 bits per heavy atom. The van der Waals surface area contributed by atoms with Crippen molar-refractivity contribution in [2.75, 3.05) is 0 Å². The van der Waals surface area contributed by atoms with Crippen LogP contribution in [-0.4, -0.2) is 9.13 Å². The molecular weight excluding hydrogens is 821 g/mol. The molecule has 0 fully saturated rings. The van der Waals surface area contributed by atoms with Crippen LogP contribution in [0.3, 0.4) is 0 Å². The number of alkyl halides is 6. The second-order valence-electron chi connectivity index (χ2n) is 15.2. The van der Waals surface area contributed by atoms with Crippen LogP contribution in [0, 0.1) is 34.0 Å². The summed E-state index contributed by atoms with van der Waals surface area (Å²) in [7, 11) is 0. The van der Waals surface area contributed by atoms with E-state index in [1.165, 1.54) is 12.1 Å². The largest absolute Gasteiger partial charge is 0.416 e. The molecule has 0 spiro atoms. The van der Waals surface area contributed by atoms with E-state index in [1.807, 2.05) is 84.9 Å². The van der Waals surface area contributed by atoms with Gasteiger partial charge in [-0.3, -0.25) is 0 Å². The number of hydrogen-bond acceptors (Lipinski definition) is 3. The summed E-state index contributed by atoms with van der Waals surface area (Å²) in [6.45, 7) is 0. The molecule has 0 saturated heterocycles. The van der Waals surface area contributed by atoms with Gasteiger partial charge in [0, 0.05) is 32.7 Å². The van der Waals surface area contributed by atoms with Crippen molar-refractivity contribution in [2.45, 2.75) is 12.4 Å². The molecule has 10 aromatic rings. The fraction of sp³-hybridized carbons (Fsp3) is 0.0377. The van der Waals surface area contributed by atoms with Gasteiger partial charge in [-0.2, -0.15) is 42.1 Å². The Labute approximate surface area is 360 Å². The van der Waals surface area contributed by atoms with E-state index in [9.17, 15) is 42.1 Å². The molecule has 0 aliphatic rings. The first-order valence-corrected chi connectivity index (χ1v) is 19.8. The Balaban J connectivity index is 1.38. The SMILES string of the molecule is N#Cc1ccccc1-c1cccc2c1c1ccccc1n2-c1cc(-c2cc(C(F)(F)F)cc(C(F)(F)F)c2)cc(-n2c3ccccc3c3c(-c4ccccc4C#N)cccc32)c1C#N. The number of aromatic nitrogens is 2. The number of benzene rings is 8. The van der Waals surface area contributed by atoms with Gasteiger partial charge in [0.25, 0.3) is 0 Å². The highest BCUT2D eigenvalue weighted by atomic mass is 19.4. The van der Waals surface area contributed by atoms with E-state index in [4.69, 9.17) is 0 Å². The second-order valence-corrected chi connectivity index (χ2v) is 15.2. The Morgan fingerprint density at radius 2 is 0.750 bits per heavy atom. The number of rotatable bonds is 5. The summed E-state index contributed by atoms with van der Waals surface area (Å²) in [5.74, 6) is 0. The zero-order chi connectivity index (χ0) is 44.5. The normalized spacial score (nSPS) is 11.9. The molecular formula is C53H27F6N5. The summed E-state index contributed by atoms with van der Waals surface area (Å²) in [5, 5.41) is 34.5. The summed E-state index contributed by atoms with van der Waals surface area (Å²) in [6.07, 6.45) is -10.2. The van der Waals surface area contributed by atoms with E-state index < -0.39 is 23.5 Å². The summed E-state index contributed by atoms with van der Waals surface area (Å²) in [4.78, 5) is 0. The number of para-hydroxylation sites is 2. The van der Waals surface area contributed by atoms with Crippen molar-refractivity contribution in [1.82, 2.24) is 9.13 Å². The van der Waals surface area contributed by atoms with Crippen molar-refractivity contribution in [1.29, 1.82) is 15.8 Å². The molecule has 64 heavy (non-hydrogen) atoms. The van der Waals surface area contributed by atoms with Crippen LogP contribution in [0.25, 0.3) is 88.4 Å². The van der Waals surface area contributed by atoms with Crippen LogP contribution >= 0.6 is 0 Å². The molecule has 5 nitrogen and oxygen atoms in total. The van der Waals surface area contributed by atoms with Crippen LogP contribution in [0.1, 0.15) is 27.8 Å². The molecule has 10 rings (SSSR count). The standard InChI is InChI=1S/C53H27F6N5/c54-52(55,56)35-23-33(24-36(27-35)53(57,58)59)34-25-48(63-44-19-7-5-15-41(44)50-39(17-9-21-46(50)63)37-13-3-1-11-31(37)28-60)43(30-62)49(26-34)64-45-20-8-6-16-42(45)51-40(18-10-22-47(51)64)38-14-4-2-12-32(38)29-61/h1-27H. The monoisotopic (exact) mass is 847 g/mol. The highest BCUT2D eigenvalue weighted by molar-refractivity contribution is 6.18. The van der Waals surface area contributed by atoms with E-state index >= 15 is 0 Å². The zero-order valence-electron chi connectivity index (χ0n) is 33.1. The molecule has 0 unspecified atom stereocenters. The van der Waals surface area contributed by atoms with Gasteiger partial charge in [0.15, 0.2) is 0 Å². The van der Waals surface area contributed by atoms with Crippen LogP contribution in [0.5, 0.6) is 0 Å². The molecule has 0 amide bonds. The third-order valence-corrected chi connectivity index (χ3v) is 11.7. The molecule has 0 aliphatic heterocycles. The fourth-order valence-corrected chi connectivity index (χ4v) is 9.00. The van der Waals surface area contributed by atoms with Gasteiger partial charge in [-0.25, -0.2) is 0 Å². The molecule has 8 aromatic carbocycles. The van der Waals surface area contributed by atoms with E-state index in [-0.39, 0.29) is 34.1 Å². The Kier molecular flexibility index (Phi) is 9.14. The van der Waals surface area contributed by atoms with Gasteiger partial charge in [0.1, 0.15) is 11.6 Å². The van der Waals surface area contributed by atoms with Crippen molar-refractivity contribution >= 4 is 43.6 Å². The number of fused-ring (bicyclic) bond motifs is 6. The molecule has 0 radical (unpaired) electrons. The average molecular weight is 848 g/mol. The number of nitriles is 3. The van der Waals surface area contributed by atoms with Crippen LogP contribution in [0.2, 0.25) is 0 Å². The lowest BCUT2D eigenvalue weighted by Gasteiger charge is -2.20. The first kappa shape index (κ1) is 39.5. The molecule has 2 heterocycles.